The lowest BCUT2D eigenvalue weighted by molar-refractivity contribution is -0.337. The standard InChI is InChI=1S/C47H69N3O21/c1-5-9-29(43(61)50-12-8-13-50)66-41-33(49-23(4)54)45(69-31(17-51)35(41)56)68-30-15-24(14-27(48-22(3)53)40(30)71-47-38(59)37(58)34(55)21(2)65-47)19-64-46-39(60)42(36(57)32(18-52)70-46)63-20-26-16-25-10-6-7-11-28(25)67-44(26)62/h6-7,10-11,16,21,24,27,29-42,45-47,51-52,55-60H,5,8-9,12-15,17-20H2,1-4H3,(H,48,53)(H,49,54)/t21?,24?,27?,29-,30+,31?,32?,33?,34+,35-,36+,37?,38?,39?,40?,41?,42?,45+,46-,47-/m0/s1. The summed E-state index contributed by atoms with van der Waals surface area (Å²) in [5, 5.41) is 93.5. The first-order valence-corrected chi connectivity index (χ1v) is 24.2. The average Bonchev–Trinajstić information content (AvgIpc) is 3.31. The first-order valence-electron chi connectivity index (χ1n) is 24.2. The number of nitrogens with zero attached hydrogens (tertiary/aromatic N) is 1. The van der Waals surface area contributed by atoms with Crippen LogP contribution in [-0.4, -0.2) is 213 Å². The van der Waals surface area contributed by atoms with Crippen LogP contribution in [0.5, 0.6) is 0 Å². The van der Waals surface area contributed by atoms with E-state index in [0.29, 0.717) is 30.5 Å². The Labute approximate surface area is 409 Å². The molecule has 1 aromatic heterocycles. The molecule has 24 nitrogen and oxygen atoms in total. The summed E-state index contributed by atoms with van der Waals surface area (Å²) in [6.07, 6.45) is -23.1. The number of ether oxygens (including phenoxy) is 8. The number of aliphatic hydroxyl groups is 8. The monoisotopic (exact) mass is 1010 g/mol. The molecule has 4 saturated heterocycles. The van der Waals surface area contributed by atoms with Crippen molar-refractivity contribution in [2.45, 2.75) is 183 Å². The van der Waals surface area contributed by atoms with E-state index in [4.69, 9.17) is 42.3 Å². The lowest BCUT2D eigenvalue weighted by Gasteiger charge is -2.49. The van der Waals surface area contributed by atoms with Crippen LogP contribution in [0.25, 0.3) is 11.0 Å². The Hall–Kier alpha value is -3.80. The summed E-state index contributed by atoms with van der Waals surface area (Å²) < 4.78 is 54.8. The van der Waals surface area contributed by atoms with Crippen LogP contribution in [0.15, 0.2) is 39.5 Å². The summed E-state index contributed by atoms with van der Waals surface area (Å²) >= 11 is 0. The van der Waals surface area contributed by atoms with Gasteiger partial charge in [-0.15, -0.1) is 0 Å². The Morgan fingerprint density at radius 2 is 1.45 bits per heavy atom. The second-order valence-electron chi connectivity index (χ2n) is 19.0. The minimum atomic E-state index is -1.80. The van der Waals surface area contributed by atoms with Gasteiger partial charge in [0.1, 0.15) is 84.9 Å². The molecule has 24 heteroatoms. The Balaban J connectivity index is 1.16. The molecule has 0 spiro atoms. The highest BCUT2D eigenvalue weighted by Gasteiger charge is 2.53. The molecular formula is C47H69N3O21. The smallest absolute Gasteiger partial charge is 0.341 e. The SMILES string of the molecule is CCC[C@H](OC1C(NC(C)=O)[C@H](O[C@@H]2CC(CO[C@H]3OC(CO)[C@@H](O)C(OCc4cc5ccccc5oc4=O)C3O)CC(NC(C)=O)C2O[C@@H]2OC(C)[C@@H](O)C(O)C2O)OC(CO)[C@@H]1O)C(=O)N1CCC1. The number of nitrogens with one attached hydrogen (secondary N) is 2. The van der Waals surface area contributed by atoms with Crippen LogP contribution in [-0.2, 0) is 58.9 Å². The summed E-state index contributed by atoms with van der Waals surface area (Å²) in [6, 6.07) is 6.02. The van der Waals surface area contributed by atoms with Crippen LogP contribution in [0.3, 0.4) is 0 Å². The van der Waals surface area contributed by atoms with Gasteiger partial charge in [0, 0.05) is 32.3 Å². The van der Waals surface area contributed by atoms with Gasteiger partial charge in [0.15, 0.2) is 18.9 Å². The van der Waals surface area contributed by atoms with Crippen molar-refractivity contribution < 1.29 is 97.5 Å². The van der Waals surface area contributed by atoms with Gasteiger partial charge in [0.2, 0.25) is 11.8 Å². The number of benzene rings is 1. The van der Waals surface area contributed by atoms with Crippen LogP contribution in [0.1, 0.15) is 65.4 Å². The highest BCUT2D eigenvalue weighted by atomic mass is 16.7. The number of hydrogen-bond acceptors (Lipinski definition) is 21. The Bertz CT molecular complexity index is 2150. The van der Waals surface area contributed by atoms with E-state index in [1.807, 2.05) is 6.92 Å². The molecule has 3 amide bonds. The van der Waals surface area contributed by atoms with E-state index in [0.717, 1.165) is 6.42 Å². The van der Waals surface area contributed by atoms with Gasteiger partial charge in [0.05, 0.1) is 50.2 Å². The molecule has 1 saturated carbocycles. The van der Waals surface area contributed by atoms with Crippen LogP contribution < -0.4 is 16.3 Å². The molecule has 2 aromatic rings. The van der Waals surface area contributed by atoms with E-state index >= 15 is 0 Å². The lowest BCUT2D eigenvalue weighted by Crippen LogP contribution is -2.68. The third-order valence-corrected chi connectivity index (χ3v) is 13.7. The highest BCUT2D eigenvalue weighted by Crippen LogP contribution is 2.37. The minimum Gasteiger partial charge on any atom is -0.422 e. The van der Waals surface area contributed by atoms with Gasteiger partial charge in [-0.25, -0.2) is 4.79 Å². The maximum atomic E-state index is 13.6. The van der Waals surface area contributed by atoms with Gasteiger partial charge in [0.25, 0.3) is 5.91 Å². The largest absolute Gasteiger partial charge is 0.422 e. The number of para-hydroxylation sites is 1. The molecule has 5 heterocycles. The number of carbonyl (C=O) groups is 3. The van der Waals surface area contributed by atoms with Gasteiger partial charge in [-0.1, -0.05) is 31.5 Å². The Kier molecular flexibility index (Phi) is 19.0. The molecular weight excluding hydrogens is 943 g/mol. The second-order valence-corrected chi connectivity index (χ2v) is 19.0. The molecule has 12 unspecified atom stereocenters. The highest BCUT2D eigenvalue weighted by molar-refractivity contribution is 5.81. The number of likely N-dealkylation sites (tertiary alicyclic amines) is 1. The summed E-state index contributed by atoms with van der Waals surface area (Å²) in [5.74, 6) is -2.09. The molecule has 71 heavy (non-hydrogen) atoms. The van der Waals surface area contributed by atoms with E-state index in [1.54, 1.807) is 35.2 Å². The van der Waals surface area contributed by atoms with Crippen molar-refractivity contribution in [3.05, 3.63) is 46.3 Å². The molecule has 20 atom stereocenters. The molecule has 5 fully saturated rings. The summed E-state index contributed by atoms with van der Waals surface area (Å²) in [7, 11) is 0. The van der Waals surface area contributed by atoms with Crippen molar-refractivity contribution >= 4 is 28.7 Å². The first kappa shape index (κ1) is 55.0. The lowest BCUT2D eigenvalue weighted by atomic mass is 9.81. The van der Waals surface area contributed by atoms with E-state index in [-0.39, 0.29) is 37.3 Å². The van der Waals surface area contributed by atoms with Gasteiger partial charge in [-0.05, 0) is 50.7 Å². The molecule has 10 N–H and O–H groups in total. The van der Waals surface area contributed by atoms with Gasteiger partial charge in [-0.2, -0.15) is 0 Å². The fourth-order valence-corrected chi connectivity index (χ4v) is 9.80. The predicted molar refractivity (Wildman–Crippen MR) is 241 cm³/mol. The fourth-order valence-electron chi connectivity index (χ4n) is 9.80. The maximum Gasteiger partial charge on any atom is 0.341 e. The zero-order chi connectivity index (χ0) is 51.3. The zero-order valence-corrected chi connectivity index (χ0v) is 40.0. The van der Waals surface area contributed by atoms with E-state index in [2.05, 4.69) is 10.6 Å². The van der Waals surface area contributed by atoms with E-state index < -0.39 is 160 Å². The topological polar surface area (TPSA) is 344 Å². The number of carbonyl (C=O) groups excluding carboxylic acids is 3. The van der Waals surface area contributed by atoms with E-state index in [9.17, 15) is 60.0 Å². The van der Waals surface area contributed by atoms with Crippen molar-refractivity contribution in [3.8, 4) is 0 Å². The molecule has 1 aromatic carbocycles. The number of amides is 3. The van der Waals surface area contributed by atoms with E-state index in [1.165, 1.54) is 20.8 Å². The first-order chi connectivity index (χ1) is 33.9. The molecule has 7 rings (SSSR count). The Morgan fingerprint density at radius 3 is 2.10 bits per heavy atom. The number of rotatable bonds is 19. The van der Waals surface area contributed by atoms with Crippen LogP contribution in [0, 0.1) is 5.92 Å². The number of hydrogen-bond donors (Lipinski definition) is 10. The third kappa shape index (κ3) is 12.8. The molecule has 0 radical (unpaired) electrons. The minimum absolute atomic E-state index is 0.0484. The van der Waals surface area contributed by atoms with Crippen molar-refractivity contribution in [1.29, 1.82) is 0 Å². The average molecular weight is 1010 g/mol. The van der Waals surface area contributed by atoms with Crippen molar-refractivity contribution in [2.75, 3.05) is 32.9 Å². The maximum absolute atomic E-state index is 13.6. The molecule has 1 aliphatic carbocycles. The van der Waals surface area contributed by atoms with Crippen molar-refractivity contribution in [3.63, 3.8) is 0 Å². The summed E-state index contributed by atoms with van der Waals surface area (Å²) in [5.41, 5.74) is -0.260. The van der Waals surface area contributed by atoms with Crippen LogP contribution in [0.2, 0.25) is 0 Å². The van der Waals surface area contributed by atoms with Gasteiger partial charge in [-0.3, -0.25) is 14.4 Å². The number of fused-ring (bicyclic) bond motifs is 1. The van der Waals surface area contributed by atoms with Crippen LogP contribution in [0.4, 0.5) is 0 Å². The fraction of sp³-hybridized carbons (Fsp3) is 0.745. The zero-order valence-electron chi connectivity index (χ0n) is 40.0. The third-order valence-electron chi connectivity index (χ3n) is 13.7. The summed E-state index contributed by atoms with van der Waals surface area (Å²) in [6.45, 7) is 4.67. The Morgan fingerprint density at radius 1 is 0.775 bits per heavy atom. The quantitative estimate of drug-likeness (QED) is 0.0628. The van der Waals surface area contributed by atoms with Crippen molar-refractivity contribution in [1.82, 2.24) is 15.5 Å². The molecule has 4 aliphatic heterocycles. The van der Waals surface area contributed by atoms with Gasteiger partial charge < -0.3 is 98.7 Å². The molecule has 398 valence electrons. The van der Waals surface area contributed by atoms with Crippen molar-refractivity contribution in [2.24, 2.45) is 5.92 Å². The second kappa shape index (κ2) is 24.5. The number of aliphatic hydroxyl groups excluding tert-OH is 8. The van der Waals surface area contributed by atoms with Gasteiger partial charge >= 0.3 is 5.63 Å². The van der Waals surface area contributed by atoms with Crippen LogP contribution >= 0.6 is 0 Å². The predicted octanol–water partition coefficient (Wildman–Crippen LogP) is -2.98. The normalized spacial score (nSPS) is 38.0. The molecule has 0 bridgehead atoms. The molecule has 5 aliphatic rings. The summed E-state index contributed by atoms with van der Waals surface area (Å²) in [4.78, 5) is 53.8.